The molecule has 0 atom stereocenters. The third-order valence-corrected chi connectivity index (χ3v) is 3.65. The molecule has 1 N–H and O–H groups in total. The molecule has 2 rings (SSSR count). The number of aryl methyl sites for hydroxylation is 1. The van der Waals surface area contributed by atoms with Gasteiger partial charge in [0.1, 0.15) is 11.6 Å². The molecule has 0 aromatic carbocycles. The van der Waals surface area contributed by atoms with E-state index < -0.39 is 0 Å². The molecule has 1 saturated carbocycles. The van der Waals surface area contributed by atoms with Crippen LogP contribution in [-0.2, 0) is 18.3 Å². The maximum Gasteiger partial charge on any atom is 0.146 e. The lowest BCUT2D eigenvalue weighted by atomic mass is 9.98. The highest BCUT2D eigenvalue weighted by Crippen LogP contribution is 2.19. The zero-order valence-corrected chi connectivity index (χ0v) is 11.5. The van der Waals surface area contributed by atoms with Gasteiger partial charge in [-0.3, -0.25) is 0 Å². The molecule has 0 saturated heterocycles. The number of hydrogen-bond acceptors (Lipinski definition) is 4. The fourth-order valence-corrected chi connectivity index (χ4v) is 2.33. The second kappa shape index (κ2) is 6.85. The number of nitrogens with one attached hydrogen (secondary N) is 1. The lowest BCUT2D eigenvalue weighted by Crippen LogP contribution is -2.25. The number of nitrogens with zero attached hydrogens (tertiary/aromatic N) is 3. The second-order valence-corrected chi connectivity index (χ2v) is 5.03. The molecular weight excluding hydrogens is 228 g/mol. The van der Waals surface area contributed by atoms with Gasteiger partial charge in [0.05, 0.1) is 19.3 Å². The Bertz CT molecular complexity index is 358. The predicted octanol–water partition coefficient (Wildman–Crippen LogP) is 1.56. The van der Waals surface area contributed by atoms with Crippen molar-refractivity contribution in [3.8, 4) is 0 Å². The van der Waals surface area contributed by atoms with Gasteiger partial charge in [0.15, 0.2) is 0 Å². The summed E-state index contributed by atoms with van der Waals surface area (Å²) in [5.41, 5.74) is 0. The van der Waals surface area contributed by atoms with Crippen LogP contribution in [0.3, 0.4) is 0 Å². The molecule has 0 aliphatic heterocycles. The van der Waals surface area contributed by atoms with E-state index in [0.717, 1.165) is 31.3 Å². The Balaban J connectivity index is 1.57. The number of rotatable bonds is 6. The first-order chi connectivity index (χ1) is 8.77. The molecule has 1 aromatic rings. The summed E-state index contributed by atoms with van der Waals surface area (Å²) in [6, 6.07) is 0. The summed E-state index contributed by atoms with van der Waals surface area (Å²) in [7, 11) is 1.99. The smallest absolute Gasteiger partial charge is 0.146 e. The summed E-state index contributed by atoms with van der Waals surface area (Å²) >= 11 is 0. The van der Waals surface area contributed by atoms with E-state index in [1.54, 1.807) is 0 Å². The highest BCUT2D eigenvalue weighted by Gasteiger charge is 2.13. The summed E-state index contributed by atoms with van der Waals surface area (Å²) in [4.78, 5) is 0. The second-order valence-electron chi connectivity index (χ2n) is 5.03. The van der Waals surface area contributed by atoms with Crippen LogP contribution in [0.15, 0.2) is 0 Å². The summed E-state index contributed by atoms with van der Waals surface area (Å²) < 4.78 is 7.86. The van der Waals surface area contributed by atoms with E-state index in [1.807, 2.05) is 18.5 Å². The van der Waals surface area contributed by atoms with Gasteiger partial charge in [0.2, 0.25) is 0 Å². The summed E-state index contributed by atoms with van der Waals surface area (Å²) in [6.07, 6.45) is 7.01. The molecule has 0 spiro atoms. The van der Waals surface area contributed by atoms with Crippen LogP contribution in [0.4, 0.5) is 0 Å². The van der Waals surface area contributed by atoms with Crippen molar-refractivity contribution in [1.82, 2.24) is 20.1 Å². The molecule has 1 heterocycles. The van der Waals surface area contributed by atoms with E-state index in [2.05, 4.69) is 15.5 Å². The van der Waals surface area contributed by atoms with E-state index in [0.29, 0.717) is 6.10 Å². The van der Waals surface area contributed by atoms with Crippen LogP contribution < -0.4 is 5.32 Å². The number of aromatic nitrogens is 3. The van der Waals surface area contributed by atoms with Crippen molar-refractivity contribution in [2.75, 3.05) is 13.2 Å². The molecule has 1 fully saturated rings. The molecule has 1 aromatic heterocycles. The Morgan fingerprint density at radius 1 is 1.28 bits per heavy atom. The quantitative estimate of drug-likeness (QED) is 0.781. The average Bonchev–Trinajstić information content (AvgIpc) is 2.71. The Kier molecular flexibility index (Phi) is 5.13. The number of ether oxygens (including phenoxy) is 1. The minimum Gasteiger partial charge on any atom is -0.377 e. The standard InChI is InChI=1S/C13H24N4O/c1-11-15-16-13(17(11)2)10-14-8-9-18-12-6-4-3-5-7-12/h12,14H,3-10H2,1-2H3. The molecule has 102 valence electrons. The highest BCUT2D eigenvalue weighted by molar-refractivity contribution is 4.91. The third kappa shape index (κ3) is 3.78. The molecular formula is C13H24N4O. The fourth-order valence-electron chi connectivity index (χ4n) is 2.33. The Hall–Kier alpha value is -0.940. The van der Waals surface area contributed by atoms with E-state index in [4.69, 9.17) is 4.74 Å². The van der Waals surface area contributed by atoms with Crippen molar-refractivity contribution in [2.45, 2.75) is 51.7 Å². The van der Waals surface area contributed by atoms with Gasteiger partial charge in [-0.15, -0.1) is 10.2 Å². The number of hydrogen-bond donors (Lipinski definition) is 1. The molecule has 1 aliphatic rings. The van der Waals surface area contributed by atoms with Gasteiger partial charge in [0.25, 0.3) is 0 Å². The van der Waals surface area contributed by atoms with E-state index in [1.165, 1.54) is 32.1 Å². The van der Waals surface area contributed by atoms with Crippen molar-refractivity contribution < 1.29 is 4.74 Å². The first-order valence-electron chi connectivity index (χ1n) is 6.94. The fraction of sp³-hybridized carbons (Fsp3) is 0.846. The van der Waals surface area contributed by atoms with Crippen LogP contribution in [0.5, 0.6) is 0 Å². The molecule has 1 aliphatic carbocycles. The van der Waals surface area contributed by atoms with E-state index in [-0.39, 0.29) is 0 Å². The average molecular weight is 252 g/mol. The minimum absolute atomic E-state index is 0.498. The topological polar surface area (TPSA) is 52.0 Å². The Morgan fingerprint density at radius 3 is 2.72 bits per heavy atom. The highest BCUT2D eigenvalue weighted by atomic mass is 16.5. The minimum atomic E-state index is 0.498. The Labute approximate surface area is 109 Å². The third-order valence-electron chi connectivity index (χ3n) is 3.65. The van der Waals surface area contributed by atoms with E-state index >= 15 is 0 Å². The van der Waals surface area contributed by atoms with Crippen molar-refractivity contribution in [1.29, 1.82) is 0 Å². The van der Waals surface area contributed by atoms with Crippen molar-refractivity contribution in [3.05, 3.63) is 11.6 Å². The van der Waals surface area contributed by atoms with Gasteiger partial charge >= 0.3 is 0 Å². The SMILES string of the molecule is Cc1nnc(CNCCOC2CCCCC2)n1C. The first kappa shape index (κ1) is 13.5. The van der Waals surface area contributed by atoms with Gasteiger partial charge in [-0.05, 0) is 19.8 Å². The van der Waals surface area contributed by atoms with Gasteiger partial charge in [-0.25, -0.2) is 0 Å². The van der Waals surface area contributed by atoms with Gasteiger partial charge in [-0.1, -0.05) is 19.3 Å². The first-order valence-corrected chi connectivity index (χ1v) is 6.94. The molecule has 5 nitrogen and oxygen atoms in total. The lowest BCUT2D eigenvalue weighted by molar-refractivity contribution is 0.0301. The van der Waals surface area contributed by atoms with Gasteiger partial charge in [-0.2, -0.15) is 0 Å². The summed E-state index contributed by atoms with van der Waals surface area (Å²) in [6.45, 7) is 4.39. The van der Waals surface area contributed by atoms with Crippen molar-refractivity contribution >= 4 is 0 Å². The molecule has 18 heavy (non-hydrogen) atoms. The molecule has 0 amide bonds. The van der Waals surface area contributed by atoms with Crippen LogP contribution >= 0.6 is 0 Å². The maximum absolute atomic E-state index is 5.85. The monoisotopic (exact) mass is 252 g/mol. The van der Waals surface area contributed by atoms with Gasteiger partial charge < -0.3 is 14.6 Å². The van der Waals surface area contributed by atoms with Crippen molar-refractivity contribution in [3.63, 3.8) is 0 Å². The summed E-state index contributed by atoms with van der Waals surface area (Å²) in [5.74, 6) is 1.93. The van der Waals surface area contributed by atoms with Crippen LogP contribution in [-0.4, -0.2) is 34.0 Å². The Morgan fingerprint density at radius 2 is 2.06 bits per heavy atom. The van der Waals surface area contributed by atoms with E-state index in [9.17, 15) is 0 Å². The zero-order valence-electron chi connectivity index (χ0n) is 11.5. The normalized spacial score (nSPS) is 17.2. The molecule has 0 unspecified atom stereocenters. The maximum atomic E-state index is 5.85. The molecule has 5 heteroatoms. The molecule has 0 radical (unpaired) electrons. The lowest BCUT2D eigenvalue weighted by Gasteiger charge is -2.21. The summed E-state index contributed by atoms with van der Waals surface area (Å²) in [5, 5.41) is 11.5. The zero-order chi connectivity index (χ0) is 12.8. The van der Waals surface area contributed by atoms with Gasteiger partial charge in [0, 0.05) is 13.6 Å². The van der Waals surface area contributed by atoms with Crippen LogP contribution in [0, 0.1) is 6.92 Å². The van der Waals surface area contributed by atoms with Crippen LogP contribution in [0.1, 0.15) is 43.8 Å². The van der Waals surface area contributed by atoms with Crippen LogP contribution in [0.25, 0.3) is 0 Å². The largest absolute Gasteiger partial charge is 0.377 e. The van der Waals surface area contributed by atoms with Crippen molar-refractivity contribution in [2.24, 2.45) is 7.05 Å². The van der Waals surface area contributed by atoms with Crippen LogP contribution in [0.2, 0.25) is 0 Å². The predicted molar refractivity (Wildman–Crippen MR) is 70.3 cm³/mol. The molecule has 0 bridgehead atoms.